The van der Waals surface area contributed by atoms with Crippen LogP contribution >= 0.6 is 11.8 Å². The molecular formula is C19H21F2N3O2S. The van der Waals surface area contributed by atoms with Gasteiger partial charge < -0.3 is 10.6 Å². The van der Waals surface area contributed by atoms with Crippen LogP contribution in [0.4, 0.5) is 14.5 Å². The van der Waals surface area contributed by atoms with Crippen molar-refractivity contribution in [3.8, 4) is 0 Å². The van der Waals surface area contributed by atoms with Gasteiger partial charge in [0.15, 0.2) is 11.6 Å². The Morgan fingerprint density at radius 1 is 1.04 bits per heavy atom. The van der Waals surface area contributed by atoms with Crippen LogP contribution in [0.5, 0.6) is 0 Å². The first-order chi connectivity index (χ1) is 12.9. The number of halogens is 2. The van der Waals surface area contributed by atoms with E-state index in [9.17, 15) is 18.4 Å². The summed E-state index contributed by atoms with van der Waals surface area (Å²) in [7, 11) is 1.81. The molecule has 0 aromatic heterocycles. The highest BCUT2D eigenvalue weighted by Crippen LogP contribution is 2.15. The number of hydrogen-bond acceptors (Lipinski definition) is 4. The lowest BCUT2D eigenvalue weighted by molar-refractivity contribution is -0.124. The lowest BCUT2D eigenvalue weighted by atomic mass is 10.2. The van der Waals surface area contributed by atoms with Crippen LogP contribution in [0.3, 0.4) is 0 Å². The normalized spacial score (nSPS) is 10.7. The molecule has 8 heteroatoms. The quantitative estimate of drug-likeness (QED) is 0.677. The second-order valence-corrected chi connectivity index (χ2v) is 6.85. The third-order valence-corrected chi connectivity index (χ3v) is 4.42. The van der Waals surface area contributed by atoms with Crippen molar-refractivity contribution in [1.82, 2.24) is 10.2 Å². The molecular weight excluding hydrogens is 372 g/mol. The Bertz CT molecular complexity index is 800. The molecule has 5 nitrogen and oxygen atoms in total. The fraction of sp³-hybridized carbons (Fsp3) is 0.263. The van der Waals surface area contributed by atoms with Crippen molar-refractivity contribution in [2.45, 2.75) is 11.4 Å². The molecule has 2 rings (SSSR count). The first-order valence-corrected chi connectivity index (χ1v) is 9.43. The van der Waals surface area contributed by atoms with E-state index >= 15 is 0 Å². The fourth-order valence-corrected chi connectivity index (χ4v) is 2.77. The molecule has 0 aliphatic heterocycles. The van der Waals surface area contributed by atoms with Crippen molar-refractivity contribution in [2.75, 3.05) is 31.7 Å². The molecule has 2 N–H and O–H groups in total. The van der Waals surface area contributed by atoms with E-state index in [1.54, 1.807) is 11.8 Å². The zero-order valence-electron chi connectivity index (χ0n) is 15.1. The molecule has 0 unspecified atom stereocenters. The molecule has 0 fully saturated rings. The van der Waals surface area contributed by atoms with Crippen LogP contribution in [0.1, 0.15) is 5.56 Å². The van der Waals surface area contributed by atoms with Crippen LogP contribution in [0.25, 0.3) is 0 Å². The van der Waals surface area contributed by atoms with Crippen LogP contribution < -0.4 is 10.6 Å². The summed E-state index contributed by atoms with van der Waals surface area (Å²) in [4.78, 5) is 26.7. The van der Waals surface area contributed by atoms with Gasteiger partial charge in [0, 0.05) is 23.2 Å². The van der Waals surface area contributed by atoms with Gasteiger partial charge in [-0.25, -0.2) is 8.78 Å². The SMILES string of the molecule is CSc1ccc(CN(C)CC(=O)NCC(=O)Nc2ccc(F)c(F)c2)cc1. The molecule has 0 aliphatic carbocycles. The number of carbonyl (C=O) groups excluding carboxylic acids is 2. The Morgan fingerprint density at radius 2 is 1.74 bits per heavy atom. The Hall–Kier alpha value is -2.45. The van der Waals surface area contributed by atoms with Crippen molar-refractivity contribution >= 4 is 29.3 Å². The largest absolute Gasteiger partial charge is 0.346 e. The van der Waals surface area contributed by atoms with E-state index < -0.39 is 17.5 Å². The highest BCUT2D eigenvalue weighted by Gasteiger charge is 2.10. The summed E-state index contributed by atoms with van der Waals surface area (Å²) in [5.41, 5.74) is 1.21. The molecule has 0 spiro atoms. The summed E-state index contributed by atoms with van der Waals surface area (Å²) in [6.07, 6.45) is 2.01. The van der Waals surface area contributed by atoms with Gasteiger partial charge in [-0.2, -0.15) is 0 Å². The lowest BCUT2D eigenvalue weighted by Crippen LogP contribution is -2.39. The van der Waals surface area contributed by atoms with E-state index in [4.69, 9.17) is 0 Å². The molecule has 27 heavy (non-hydrogen) atoms. The minimum absolute atomic E-state index is 0.124. The van der Waals surface area contributed by atoms with E-state index in [1.807, 2.05) is 42.5 Å². The molecule has 0 heterocycles. The summed E-state index contributed by atoms with van der Waals surface area (Å²) in [6, 6.07) is 11.1. The molecule has 0 saturated carbocycles. The first kappa shape index (κ1) is 20.9. The zero-order valence-corrected chi connectivity index (χ0v) is 15.9. The Morgan fingerprint density at radius 3 is 2.37 bits per heavy atom. The van der Waals surface area contributed by atoms with Gasteiger partial charge in [-0.1, -0.05) is 12.1 Å². The van der Waals surface area contributed by atoms with Gasteiger partial charge in [0.1, 0.15) is 0 Å². The van der Waals surface area contributed by atoms with Crippen LogP contribution in [0, 0.1) is 11.6 Å². The van der Waals surface area contributed by atoms with Crippen molar-refractivity contribution in [2.24, 2.45) is 0 Å². The molecule has 144 valence electrons. The number of thioether (sulfide) groups is 1. The second-order valence-electron chi connectivity index (χ2n) is 5.97. The number of nitrogens with zero attached hydrogens (tertiary/aromatic N) is 1. The highest BCUT2D eigenvalue weighted by atomic mass is 32.2. The van der Waals surface area contributed by atoms with E-state index in [2.05, 4.69) is 10.6 Å². The maximum absolute atomic E-state index is 13.1. The van der Waals surface area contributed by atoms with E-state index in [1.165, 1.54) is 11.0 Å². The van der Waals surface area contributed by atoms with Crippen LogP contribution in [-0.2, 0) is 16.1 Å². The monoisotopic (exact) mass is 393 g/mol. The lowest BCUT2D eigenvalue weighted by Gasteiger charge is -2.16. The maximum atomic E-state index is 13.1. The van der Waals surface area contributed by atoms with Crippen molar-refractivity contribution in [3.63, 3.8) is 0 Å². The van der Waals surface area contributed by atoms with Crippen molar-refractivity contribution in [3.05, 3.63) is 59.7 Å². The van der Waals surface area contributed by atoms with Crippen molar-refractivity contribution in [1.29, 1.82) is 0 Å². The molecule has 0 atom stereocenters. The number of benzene rings is 2. The Labute approximate surface area is 161 Å². The summed E-state index contributed by atoms with van der Waals surface area (Å²) in [6.45, 7) is 0.472. The number of hydrogen-bond donors (Lipinski definition) is 2. The number of likely N-dealkylation sites (N-methyl/N-ethyl adjacent to an activating group) is 1. The highest BCUT2D eigenvalue weighted by molar-refractivity contribution is 7.98. The number of anilines is 1. The van der Waals surface area contributed by atoms with E-state index in [-0.39, 0.29) is 24.7 Å². The van der Waals surface area contributed by atoms with Gasteiger partial charge in [0.2, 0.25) is 11.8 Å². The van der Waals surface area contributed by atoms with Crippen LogP contribution in [0.2, 0.25) is 0 Å². The molecule has 0 aliphatic rings. The predicted octanol–water partition coefficient (Wildman–Crippen LogP) is 2.87. The van der Waals surface area contributed by atoms with Gasteiger partial charge in [0.25, 0.3) is 0 Å². The Kier molecular flexibility index (Phi) is 7.75. The fourth-order valence-electron chi connectivity index (χ4n) is 2.36. The van der Waals surface area contributed by atoms with Crippen molar-refractivity contribution < 1.29 is 18.4 Å². The topological polar surface area (TPSA) is 61.4 Å². The minimum Gasteiger partial charge on any atom is -0.346 e. The summed E-state index contributed by atoms with van der Waals surface area (Å²) < 4.78 is 26.0. The van der Waals surface area contributed by atoms with Gasteiger partial charge in [-0.3, -0.25) is 14.5 Å². The zero-order chi connectivity index (χ0) is 19.8. The second kappa shape index (κ2) is 10.0. The first-order valence-electron chi connectivity index (χ1n) is 8.20. The van der Waals surface area contributed by atoms with Crippen LogP contribution in [0.15, 0.2) is 47.4 Å². The smallest absolute Gasteiger partial charge is 0.243 e. The third-order valence-electron chi connectivity index (χ3n) is 3.67. The summed E-state index contributed by atoms with van der Waals surface area (Å²) in [5, 5.41) is 4.89. The summed E-state index contributed by atoms with van der Waals surface area (Å²) >= 11 is 1.66. The number of rotatable bonds is 8. The maximum Gasteiger partial charge on any atom is 0.243 e. The molecule has 0 bridgehead atoms. The number of carbonyl (C=O) groups is 2. The van der Waals surface area contributed by atoms with E-state index in [0.29, 0.717) is 6.54 Å². The molecule has 2 aromatic rings. The number of amides is 2. The summed E-state index contributed by atoms with van der Waals surface area (Å²) in [5.74, 6) is -2.88. The minimum atomic E-state index is -1.05. The Balaban J connectivity index is 1.73. The van der Waals surface area contributed by atoms with Gasteiger partial charge in [-0.05, 0) is 43.1 Å². The molecule has 2 amide bonds. The molecule has 0 radical (unpaired) electrons. The van der Waals surface area contributed by atoms with Crippen LogP contribution in [-0.4, -0.2) is 43.1 Å². The van der Waals surface area contributed by atoms with Gasteiger partial charge in [0.05, 0.1) is 13.1 Å². The third kappa shape index (κ3) is 6.99. The predicted molar refractivity (Wildman–Crippen MR) is 103 cm³/mol. The average Bonchev–Trinajstić information content (AvgIpc) is 2.63. The number of nitrogens with one attached hydrogen (secondary N) is 2. The molecule has 2 aromatic carbocycles. The van der Waals surface area contributed by atoms with Gasteiger partial charge >= 0.3 is 0 Å². The van der Waals surface area contributed by atoms with E-state index in [0.717, 1.165) is 17.7 Å². The van der Waals surface area contributed by atoms with Gasteiger partial charge in [-0.15, -0.1) is 11.8 Å². The molecule has 0 saturated heterocycles. The average molecular weight is 393 g/mol. The standard InChI is InChI=1S/C19H21F2N3O2S/c1-24(11-13-3-6-15(27-2)7-4-13)12-19(26)22-10-18(25)23-14-5-8-16(20)17(21)9-14/h3-9H,10-12H2,1-2H3,(H,22,26)(H,23,25).